The zero-order valence-electron chi connectivity index (χ0n) is 61.9. The number of hydrogen-bond donors (Lipinski definition) is 23. The van der Waals surface area contributed by atoms with E-state index >= 15 is 0 Å². The number of nitrogens with zero attached hydrogens (tertiary/aromatic N) is 1. The summed E-state index contributed by atoms with van der Waals surface area (Å²) in [5, 5.41) is 99.3. The van der Waals surface area contributed by atoms with E-state index in [0.29, 0.717) is 29.3 Å². The van der Waals surface area contributed by atoms with Gasteiger partial charge in [0.15, 0.2) is 5.78 Å². The van der Waals surface area contributed by atoms with Crippen LogP contribution in [0.15, 0.2) is 30.5 Å². The minimum absolute atomic E-state index is 0.0110. The number of fused-ring (bicyclic) bond motifs is 1. The molecule has 2 heterocycles. The number of carbonyl (C=O) groups is 17. The van der Waals surface area contributed by atoms with Crippen LogP contribution < -0.4 is 80.6 Å². The highest BCUT2D eigenvalue weighted by molar-refractivity contribution is 6.01. The fourth-order valence-corrected chi connectivity index (χ4v) is 11.2. The SMILES string of the molecule is CC[C@H](C)C(C)C(=O)N[C@@H](CCC(=O)O)C(=O)N[C@@H](Cc1c[nH]c2ccccc12)C(=O)N[C@@H](CC(C)C)C(=O)N[C@@H](CCCCN)C(=O)N[C@@H](CC(N)=O)C(=O)N[C@H](C)C(=O)NCC(=O)N1CCC[C@H]1C(=O)N[C@H](CO)C(=O)N[C@H](CO)C(=O)N[C@H](CO)C(=O)N[C@H](CO)C(=O)N[C@H](CO)C(=O)N[C@H](CO)C(C)=O. The van der Waals surface area contributed by atoms with Crippen molar-refractivity contribution in [2.24, 2.45) is 29.2 Å². The number of carboxylic acids is 1. The number of rotatable bonds is 49. The number of para-hydroxylation sites is 1. The predicted octanol–water partition coefficient (Wildman–Crippen LogP) is -9.20. The lowest BCUT2D eigenvalue weighted by molar-refractivity contribution is -0.140. The van der Waals surface area contributed by atoms with Gasteiger partial charge in [-0.2, -0.15) is 0 Å². The molecule has 15 amide bonds. The van der Waals surface area contributed by atoms with Crippen LogP contribution in [0.1, 0.15) is 118 Å². The first-order valence-electron chi connectivity index (χ1n) is 35.7. The number of unbranched alkanes of at least 4 members (excludes halogenated alkanes) is 1. The number of likely N-dealkylation sites (tertiary alicyclic amines) is 1. The molecular formula is C68H107N17O24. The Morgan fingerprint density at radius 3 is 1.44 bits per heavy atom. The van der Waals surface area contributed by atoms with Gasteiger partial charge in [0.25, 0.3) is 0 Å². The van der Waals surface area contributed by atoms with E-state index < -0.39 is 244 Å². The molecule has 1 aromatic carbocycles. The van der Waals surface area contributed by atoms with Gasteiger partial charge in [-0.05, 0) is 88.8 Å². The van der Waals surface area contributed by atoms with Crippen molar-refractivity contribution in [1.29, 1.82) is 0 Å². The first-order valence-corrected chi connectivity index (χ1v) is 35.7. The van der Waals surface area contributed by atoms with Gasteiger partial charge in [0.1, 0.15) is 78.5 Å². The lowest BCUT2D eigenvalue weighted by atomic mass is 9.92. The molecular weight excluding hydrogens is 1440 g/mol. The lowest BCUT2D eigenvalue weighted by Gasteiger charge is -2.28. The quantitative estimate of drug-likeness (QED) is 0.0274. The molecule has 1 unspecified atom stereocenters. The molecule has 608 valence electrons. The third kappa shape index (κ3) is 30.0. The van der Waals surface area contributed by atoms with Crippen LogP contribution in [0.3, 0.4) is 0 Å². The van der Waals surface area contributed by atoms with Crippen molar-refractivity contribution in [2.45, 2.75) is 198 Å². The number of aromatic amines is 1. The number of nitrogens with one attached hydrogen (secondary N) is 14. The van der Waals surface area contributed by atoms with Gasteiger partial charge in [0.05, 0.1) is 52.6 Å². The molecule has 1 fully saturated rings. The number of aliphatic carboxylic acids is 1. The highest BCUT2D eigenvalue weighted by Crippen LogP contribution is 2.22. The summed E-state index contributed by atoms with van der Waals surface area (Å²) in [5.41, 5.74) is 12.5. The van der Waals surface area contributed by atoms with Gasteiger partial charge >= 0.3 is 5.97 Å². The molecule has 0 saturated carbocycles. The van der Waals surface area contributed by atoms with Gasteiger partial charge in [-0.3, -0.25) is 81.5 Å². The Bertz CT molecular complexity index is 3500. The van der Waals surface area contributed by atoms with E-state index in [1.54, 1.807) is 51.2 Å². The molecule has 1 aromatic heterocycles. The number of hydrogen-bond acceptors (Lipinski definition) is 24. The Morgan fingerprint density at radius 2 is 0.954 bits per heavy atom. The summed E-state index contributed by atoms with van der Waals surface area (Å²) in [6.45, 7) is 3.82. The average molecular weight is 1550 g/mol. The van der Waals surface area contributed by atoms with Crippen LogP contribution in [-0.2, 0) is 87.9 Å². The topological polar surface area (TPSA) is 659 Å². The number of aromatic nitrogens is 1. The van der Waals surface area contributed by atoms with Crippen molar-refractivity contribution < 1.29 is 117 Å². The number of aliphatic hydroxyl groups is 6. The zero-order chi connectivity index (χ0) is 81.9. The van der Waals surface area contributed by atoms with E-state index in [0.717, 1.165) is 11.8 Å². The van der Waals surface area contributed by atoms with Gasteiger partial charge in [0, 0.05) is 42.4 Å². The minimum atomic E-state index is -1.96. The maximum atomic E-state index is 14.7. The highest BCUT2D eigenvalue weighted by Gasteiger charge is 2.40. The van der Waals surface area contributed by atoms with Crippen molar-refractivity contribution in [3.8, 4) is 0 Å². The molecule has 0 aliphatic carbocycles. The number of Topliss-reactive ketones (excluding diaryl/α,β-unsaturated/α-hetero) is 1. The first-order chi connectivity index (χ1) is 51.5. The molecule has 1 aliphatic heterocycles. The van der Waals surface area contributed by atoms with Gasteiger partial charge < -0.3 is 126 Å². The number of amides is 15. The fourth-order valence-electron chi connectivity index (χ4n) is 11.2. The summed E-state index contributed by atoms with van der Waals surface area (Å²) in [6.07, 6.45) is 0.973. The summed E-state index contributed by atoms with van der Waals surface area (Å²) in [6, 6.07) is -14.2. The number of carbonyl (C=O) groups excluding carboxylic acids is 16. The van der Waals surface area contributed by atoms with Crippen LogP contribution in [-0.4, -0.2) is 284 Å². The molecule has 15 atom stereocenters. The predicted molar refractivity (Wildman–Crippen MR) is 383 cm³/mol. The fraction of sp³-hybridized carbons (Fsp3) is 0.632. The molecule has 109 heavy (non-hydrogen) atoms. The van der Waals surface area contributed by atoms with Gasteiger partial charge in [-0.25, -0.2) is 0 Å². The number of benzene rings is 1. The van der Waals surface area contributed by atoms with Crippen LogP contribution in [0, 0.1) is 17.8 Å². The third-order valence-corrected chi connectivity index (χ3v) is 18.0. The maximum absolute atomic E-state index is 14.7. The van der Waals surface area contributed by atoms with Crippen molar-refractivity contribution in [3.05, 3.63) is 36.0 Å². The second kappa shape index (κ2) is 46.8. The number of primary amides is 1. The van der Waals surface area contributed by atoms with Crippen molar-refractivity contribution in [1.82, 2.24) is 79.0 Å². The van der Waals surface area contributed by atoms with E-state index in [4.69, 9.17) is 11.5 Å². The Hall–Kier alpha value is -10.3. The molecule has 0 bridgehead atoms. The molecule has 25 N–H and O–H groups in total. The average Bonchev–Trinajstić information content (AvgIpc) is 1.73. The normalized spacial score (nSPS) is 16.5. The monoisotopic (exact) mass is 1550 g/mol. The van der Waals surface area contributed by atoms with E-state index in [1.807, 2.05) is 35.1 Å². The van der Waals surface area contributed by atoms with Crippen molar-refractivity contribution in [2.75, 3.05) is 59.3 Å². The number of H-pyrrole nitrogens is 1. The number of carboxylic acid groups (broad SMARTS) is 1. The van der Waals surface area contributed by atoms with Crippen LogP contribution in [0.5, 0.6) is 0 Å². The maximum Gasteiger partial charge on any atom is 0.303 e. The van der Waals surface area contributed by atoms with Gasteiger partial charge in [0.2, 0.25) is 88.6 Å². The summed E-state index contributed by atoms with van der Waals surface area (Å²) in [7, 11) is 0. The van der Waals surface area contributed by atoms with E-state index in [2.05, 4.69) is 52.8 Å². The molecule has 2 aromatic rings. The largest absolute Gasteiger partial charge is 0.481 e. The summed E-state index contributed by atoms with van der Waals surface area (Å²) < 4.78 is 0. The van der Waals surface area contributed by atoms with Crippen LogP contribution >= 0.6 is 0 Å². The standard InChI is InChI=1S/C68H107N17O24/c1-8-34(4)35(5)56(97)74-42(18-19-55(95)96)59(100)77-44(23-38-25-71-40-15-10-9-14-39(38)40)62(103)76-43(22-33(2)3)61(102)75-41(16-11-12-20-69)58(99)78-45(24-53(70)93)60(101)73-36(6)57(98)72-26-54(94)85-21-13-17-52(85)68(109)84-51(32-91)67(108)83-50(31-90)66(107)82-49(30-89)65(106)81-48(29-88)64(105)80-47(28-87)63(104)79-46(27-86)37(7)92/h9-10,14-15,25,33-36,41-52,71,86-91H,8,11-13,16-24,26-32,69H2,1-7H3,(H2,70,93)(H,72,98)(H,73,101)(H,74,97)(H,75,102)(H,76,103)(H,77,100)(H,78,99)(H,79,104)(H,80,105)(H,81,106)(H,82,107)(H,83,108)(H,84,109)(H,95,96)/t34-,35?,36+,41-,42-,43-,44-,45-,46+,47+,48+,49+,50+,51+,52-/m0/s1. The Kier molecular flexibility index (Phi) is 39.9. The molecule has 41 nitrogen and oxygen atoms in total. The molecule has 41 heteroatoms. The van der Waals surface area contributed by atoms with Crippen LogP contribution in [0.25, 0.3) is 10.9 Å². The second-order valence-electron chi connectivity index (χ2n) is 26.8. The summed E-state index contributed by atoms with van der Waals surface area (Å²) in [5.74, 6) is -18.6. The minimum Gasteiger partial charge on any atom is -0.481 e. The zero-order valence-corrected chi connectivity index (χ0v) is 61.9. The summed E-state index contributed by atoms with van der Waals surface area (Å²) in [4.78, 5) is 231. The van der Waals surface area contributed by atoms with Gasteiger partial charge in [-0.15, -0.1) is 0 Å². The molecule has 3 rings (SSSR count). The Balaban J connectivity index is 1.72. The van der Waals surface area contributed by atoms with E-state index in [9.17, 15) is 117 Å². The van der Waals surface area contributed by atoms with E-state index in [-0.39, 0.29) is 69.9 Å². The number of nitrogens with two attached hydrogens (primary N) is 2. The Morgan fingerprint density at radius 1 is 0.523 bits per heavy atom. The smallest absolute Gasteiger partial charge is 0.303 e. The second-order valence-corrected chi connectivity index (χ2v) is 26.8. The summed E-state index contributed by atoms with van der Waals surface area (Å²) >= 11 is 0. The lowest BCUT2D eigenvalue weighted by Crippen LogP contribution is -2.62. The number of ketones is 1. The Labute approximate surface area is 627 Å². The molecule has 0 spiro atoms. The van der Waals surface area contributed by atoms with Crippen LogP contribution in [0.2, 0.25) is 0 Å². The highest BCUT2D eigenvalue weighted by atomic mass is 16.4. The van der Waals surface area contributed by atoms with Gasteiger partial charge in [-0.1, -0.05) is 59.2 Å². The molecule has 1 aliphatic rings. The first kappa shape index (κ1) is 92.9. The number of aliphatic hydroxyl groups excluding tert-OH is 6. The van der Waals surface area contributed by atoms with Crippen LogP contribution in [0.4, 0.5) is 0 Å². The molecule has 0 radical (unpaired) electrons. The molecule has 1 saturated heterocycles. The third-order valence-electron chi connectivity index (χ3n) is 18.0. The van der Waals surface area contributed by atoms with Crippen molar-refractivity contribution in [3.63, 3.8) is 0 Å². The van der Waals surface area contributed by atoms with E-state index in [1.165, 1.54) is 6.92 Å². The van der Waals surface area contributed by atoms with Crippen molar-refractivity contribution >= 4 is 111 Å².